The summed E-state index contributed by atoms with van der Waals surface area (Å²) < 4.78 is 0.847. The fourth-order valence-corrected chi connectivity index (χ4v) is 2.72. The van der Waals surface area contributed by atoms with Gasteiger partial charge in [-0.05, 0) is 40.6 Å². The van der Waals surface area contributed by atoms with Gasteiger partial charge in [-0.1, -0.05) is 44.7 Å². The van der Waals surface area contributed by atoms with Crippen LogP contribution in [0.25, 0.3) is 0 Å². The number of aliphatic hydroxyl groups excluding tert-OH is 2. The normalized spacial score (nSPS) is 11.1. The Morgan fingerprint density at radius 2 is 1.96 bits per heavy atom. The monoisotopic (exact) mass is 447 g/mol. The zero-order chi connectivity index (χ0) is 18.4. The van der Waals surface area contributed by atoms with E-state index < -0.39 is 12.1 Å². The average molecular weight is 447 g/mol. The summed E-state index contributed by atoms with van der Waals surface area (Å²) in [6.07, 6.45) is 5.51. The maximum Gasteiger partial charge on any atom is 0.303 e. The van der Waals surface area contributed by atoms with Gasteiger partial charge >= 0.3 is 5.97 Å². The van der Waals surface area contributed by atoms with Gasteiger partial charge in [0.15, 0.2) is 0 Å². The summed E-state index contributed by atoms with van der Waals surface area (Å²) in [7, 11) is 0. The molecule has 0 bridgehead atoms. The van der Waals surface area contributed by atoms with E-state index in [0.717, 1.165) is 22.0 Å². The minimum Gasteiger partial charge on any atom is -0.481 e. The van der Waals surface area contributed by atoms with Crippen molar-refractivity contribution in [2.45, 2.75) is 58.0 Å². The Balaban J connectivity index is 0.000000470. The number of benzene rings is 1. The van der Waals surface area contributed by atoms with Crippen LogP contribution in [0.2, 0.25) is 0 Å². The highest BCUT2D eigenvalue weighted by Crippen LogP contribution is 2.18. The quantitative estimate of drug-likeness (QED) is 0.398. The topological polar surface area (TPSA) is 102 Å². The molecule has 0 amide bonds. The lowest BCUT2D eigenvalue weighted by molar-refractivity contribution is -0.137. The molecular formula is C18H26INO4. The first-order chi connectivity index (χ1) is 11.5. The summed E-state index contributed by atoms with van der Waals surface area (Å²) in [5.74, 6) is -0.670. The molecule has 1 aromatic rings. The number of hydrogen-bond acceptors (Lipinski definition) is 4. The average Bonchev–Trinajstić information content (AvgIpc) is 2.56. The number of carboxylic acid groups (broad SMARTS) is 1. The number of nitrogens with zero attached hydrogens (tertiary/aromatic N) is 1. The first-order valence-corrected chi connectivity index (χ1v) is 9.22. The molecule has 3 N–H and O–H groups in total. The van der Waals surface area contributed by atoms with Crippen molar-refractivity contribution < 1.29 is 20.1 Å². The van der Waals surface area contributed by atoms with Crippen molar-refractivity contribution in [1.29, 1.82) is 5.26 Å². The Kier molecular flexibility index (Phi) is 13.5. The second kappa shape index (κ2) is 14.2. The predicted octanol–water partition coefficient (Wildman–Crippen LogP) is 3.49. The van der Waals surface area contributed by atoms with Crippen molar-refractivity contribution in [3.63, 3.8) is 0 Å². The van der Waals surface area contributed by atoms with Crippen LogP contribution in [0.4, 0.5) is 0 Å². The number of halogens is 1. The van der Waals surface area contributed by atoms with E-state index in [-0.39, 0.29) is 6.61 Å². The predicted molar refractivity (Wildman–Crippen MR) is 102 cm³/mol. The zero-order valence-corrected chi connectivity index (χ0v) is 16.2. The lowest BCUT2D eigenvalue weighted by Gasteiger charge is -2.09. The highest BCUT2D eigenvalue weighted by Gasteiger charge is 2.09. The van der Waals surface area contributed by atoms with E-state index in [4.69, 9.17) is 15.5 Å². The number of nitriles is 1. The van der Waals surface area contributed by atoms with Gasteiger partial charge in [-0.25, -0.2) is 0 Å². The van der Waals surface area contributed by atoms with Crippen molar-refractivity contribution in [3.8, 4) is 6.07 Å². The maximum absolute atomic E-state index is 10.0. The number of carboxylic acids is 1. The Hall–Kier alpha value is -1.17. The highest BCUT2D eigenvalue weighted by atomic mass is 127. The van der Waals surface area contributed by atoms with E-state index in [1.807, 2.05) is 6.07 Å². The molecule has 5 nitrogen and oxygen atoms in total. The second-order valence-electron chi connectivity index (χ2n) is 5.49. The van der Waals surface area contributed by atoms with Crippen LogP contribution in [-0.4, -0.2) is 34.0 Å². The summed E-state index contributed by atoms with van der Waals surface area (Å²) in [6, 6.07) is 7.43. The number of rotatable bonds is 9. The van der Waals surface area contributed by atoms with Crippen molar-refractivity contribution in [3.05, 3.63) is 32.9 Å². The summed E-state index contributed by atoms with van der Waals surface area (Å²) in [5, 5.41) is 35.0. The third-order valence-corrected chi connectivity index (χ3v) is 4.63. The van der Waals surface area contributed by atoms with Gasteiger partial charge in [0.2, 0.25) is 0 Å². The smallest absolute Gasteiger partial charge is 0.303 e. The molecule has 0 saturated heterocycles. The Labute approximate surface area is 157 Å². The molecule has 0 aliphatic rings. The second-order valence-corrected chi connectivity index (χ2v) is 6.57. The van der Waals surface area contributed by atoms with Crippen LogP contribution < -0.4 is 0 Å². The standard InChI is InChI=1S/C10H10INO2.C8H16O2/c11-10-7(4-9(14)6-13)2-1-3-8(10)5-12;1-2-3-4-5-6-7-8(9)10/h1-3,9,13-14H,4,6H2;2-7H2,1H3,(H,9,10). The lowest BCUT2D eigenvalue weighted by Crippen LogP contribution is -2.16. The molecule has 6 heteroatoms. The lowest BCUT2D eigenvalue weighted by atomic mass is 10.1. The molecule has 0 heterocycles. The van der Waals surface area contributed by atoms with Gasteiger partial charge < -0.3 is 15.3 Å². The molecular weight excluding hydrogens is 421 g/mol. The van der Waals surface area contributed by atoms with Gasteiger partial charge in [-0.2, -0.15) is 5.26 Å². The van der Waals surface area contributed by atoms with Crippen LogP contribution in [0.15, 0.2) is 18.2 Å². The van der Waals surface area contributed by atoms with E-state index in [1.54, 1.807) is 12.1 Å². The van der Waals surface area contributed by atoms with Crippen LogP contribution in [0.5, 0.6) is 0 Å². The van der Waals surface area contributed by atoms with E-state index in [2.05, 4.69) is 35.6 Å². The highest BCUT2D eigenvalue weighted by molar-refractivity contribution is 14.1. The molecule has 0 aliphatic carbocycles. The number of aliphatic hydroxyl groups is 2. The fraction of sp³-hybridized carbons (Fsp3) is 0.556. The third-order valence-electron chi connectivity index (χ3n) is 3.36. The first-order valence-electron chi connectivity index (χ1n) is 8.14. The van der Waals surface area contributed by atoms with Crippen molar-refractivity contribution in [2.75, 3.05) is 6.61 Å². The Bertz CT molecular complexity index is 528. The summed E-state index contributed by atoms with van der Waals surface area (Å²) in [6.45, 7) is 1.89. The van der Waals surface area contributed by atoms with Crippen LogP contribution in [0, 0.1) is 14.9 Å². The number of unbranched alkanes of at least 4 members (excludes halogenated alkanes) is 4. The van der Waals surface area contributed by atoms with Crippen LogP contribution >= 0.6 is 22.6 Å². The number of aliphatic carboxylic acids is 1. The molecule has 134 valence electrons. The molecule has 0 aliphatic heterocycles. The summed E-state index contributed by atoms with van der Waals surface area (Å²) in [4.78, 5) is 10.0. The van der Waals surface area contributed by atoms with Gasteiger partial charge in [0.25, 0.3) is 0 Å². The van der Waals surface area contributed by atoms with Gasteiger partial charge in [0.1, 0.15) is 6.07 Å². The molecule has 1 unspecified atom stereocenters. The van der Waals surface area contributed by atoms with Crippen molar-refractivity contribution in [2.24, 2.45) is 0 Å². The van der Waals surface area contributed by atoms with Crippen LogP contribution in [0.3, 0.4) is 0 Å². The van der Waals surface area contributed by atoms with Crippen molar-refractivity contribution in [1.82, 2.24) is 0 Å². The first kappa shape index (κ1) is 22.8. The van der Waals surface area contributed by atoms with Gasteiger partial charge in [-0.15, -0.1) is 0 Å². The Morgan fingerprint density at radius 3 is 2.50 bits per heavy atom. The molecule has 1 rings (SSSR count). The van der Waals surface area contributed by atoms with Crippen LogP contribution in [0.1, 0.15) is 56.6 Å². The molecule has 0 fully saturated rings. The number of carbonyl (C=O) groups is 1. The minimum absolute atomic E-state index is 0.257. The summed E-state index contributed by atoms with van der Waals surface area (Å²) >= 11 is 2.08. The Morgan fingerprint density at radius 1 is 1.29 bits per heavy atom. The van der Waals surface area contributed by atoms with Gasteiger partial charge in [0.05, 0.1) is 18.3 Å². The van der Waals surface area contributed by atoms with E-state index in [1.165, 1.54) is 19.3 Å². The molecule has 1 aromatic carbocycles. The maximum atomic E-state index is 10.0. The van der Waals surface area contributed by atoms with E-state index in [0.29, 0.717) is 18.4 Å². The van der Waals surface area contributed by atoms with Crippen molar-refractivity contribution >= 4 is 28.6 Å². The molecule has 0 radical (unpaired) electrons. The molecule has 0 saturated carbocycles. The molecule has 0 spiro atoms. The minimum atomic E-state index is -0.752. The third kappa shape index (κ3) is 10.6. The van der Waals surface area contributed by atoms with Gasteiger partial charge in [0, 0.05) is 16.4 Å². The molecule has 24 heavy (non-hydrogen) atoms. The summed E-state index contributed by atoms with van der Waals surface area (Å²) in [5.41, 5.74) is 1.50. The number of hydrogen-bond donors (Lipinski definition) is 3. The van der Waals surface area contributed by atoms with Gasteiger partial charge in [-0.3, -0.25) is 4.79 Å². The molecule has 1 atom stereocenters. The molecule has 0 aromatic heterocycles. The zero-order valence-electron chi connectivity index (χ0n) is 14.0. The largest absolute Gasteiger partial charge is 0.481 e. The van der Waals surface area contributed by atoms with E-state index >= 15 is 0 Å². The fourth-order valence-electron chi connectivity index (χ4n) is 2.02. The SMILES string of the molecule is CCCCCCCC(=O)O.N#Cc1cccc(CC(O)CO)c1I. The van der Waals surface area contributed by atoms with Crippen LogP contribution in [-0.2, 0) is 11.2 Å². The van der Waals surface area contributed by atoms with E-state index in [9.17, 15) is 9.90 Å².